The van der Waals surface area contributed by atoms with Crippen molar-refractivity contribution in [2.75, 3.05) is 42.6 Å². The summed E-state index contributed by atoms with van der Waals surface area (Å²) < 4.78 is 32.7. The third-order valence-electron chi connectivity index (χ3n) is 6.30. The summed E-state index contributed by atoms with van der Waals surface area (Å²) in [5.41, 5.74) is 7.56. The lowest BCUT2D eigenvalue weighted by Gasteiger charge is -2.24. The maximum atomic E-state index is 13.4. The summed E-state index contributed by atoms with van der Waals surface area (Å²) in [5, 5.41) is 4.85. The van der Waals surface area contributed by atoms with E-state index < -0.39 is 27.9 Å². The van der Waals surface area contributed by atoms with Crippen molar-refractivity contribution in [3.05, 3.63) is 52.3 Å². The number of amides is 1. The molecule has 1 aliphatic rings. The number of anilines is 2. The molecule has 0 unspecified atom stereocenters. The van der Waals surface area contributed by atoms with E-state index >= 15 is 0 Å². The Hall–Kier alpha value is -3.42. The average molecular weight is 564 g/mol. The van der Waals surface area contributed by atoms with Gasteiger partial charge in [-0.05, 0) is 38.5 Å². The number of rotatable bonds is 8. The van der Waals surface area contributed by atoms with Crippen LogP contribution in [0.2, 0.25) is 5.02 Å². The Kier molecular flexibility index (Phi) is 7.81. The number of benzene rings is 1. The molecule has 2 atom stereocenters. The van der Waals surface area contributed by atoms with Crippen LogP contribution < -0.4 is 15.4 Å². The van der Waals surface area contributed by atoms with Crippen LogP contribution in [0, 0.1) is 0 Å². The minimum atomic E-state index is -3.63. The number of fused-ring (bicyclic) bond motifs is 1. The van der Waals surface area contributed by atoms with Gasteiger partial charge >= 0.3 is 5.97 Å². The molecule has 3 heterocycles. The number of carbonyl (C=O) groups is 2. The fourth-order valence-corrected chi connectivity index (χ4v) is 5.00. The Morgan fingerprint density at radius 1 is 1.32 bits per heavy atom. The zero-order valence-electron chi connectivity index (χ0n) is 21.5. The monoisotopic (exact) mass is 563 g/mol. The molecule has 1 aromatic carbocycles. The van der Waals surface area contributed by atoms with Gasteiger partial charge in [0.15, 0.2) is 5.65 Å². The standard InChI is InChI=1S/C24H30ClN7O5S/c1-5-37-24(34)18-13-32-21(27-22(18)31-9-8-16(26)12-31)11-20(28-32)14(2)30(3)23(33)17-10-15(25)6-7-19(17)29-38(4,35)36/h6-7,10-11,13-14,16,29H,5,8-9,12,26H2,1-4H3/t14-,16-/m0/s1. The zero-order chi connectivity index (χ0) is 27.8. The quantitative estimate of drug-likeness (QED) is 0.393. The van der Waals surface area contributed by atoms with Crippen LogP contribution >= 0.6 is 11.6 Å². The normalized spacial score (nSPS) is 16.5. The van der Waals surface area contributed by atoms with Gasteiger partial charge in [0.1, 0.15) is 11.4 Å². The molecular formula is C24H30ClN7O5S. The van der Waals surface area contributed by atoms with Crippen LogP contribution in [0.3, 0.4) is 0 Å². The summed E-state index contributed by atoms with van der Waals surface area (Å²) in [7, 11) is -2.05. The second-order valence-corrected chi connectivity index (χ2v) is 11.4. The van der Waals surface area contributed by atoms with Crippen molar-refractivity contribution in [2.24, 2.45) is 5.73 Å². The SMILES string of the molecule is CCOC(=O)c1cn2nc([C@H](C)N(C)C(=O)c3cc(Cl)ccc3NS(C)(=O)=O)cc2nc1N1CC[C@H](N)C1. The largest absolute Gasteiger partial charge is 0.462 e. The molecule has 0 bridgehead atoms. The van der Waals surface area contributed by atoms with Crippen LogP contribution in [0.15, 0.2) is 30.5 Å². The number of halogens is 1. The molecular weight excluding hydrogens is 534 g/mol. The minimum absolute atomic E-state index is 0.0169. The molecule has 12 nitrogen and oxygen atoms in total. The van der Waals surface area contributed by atoms with E-state index in [9.17, 15) is 18.0 Å². The van der Waals surface area contributed by atoms with Crippen molar-refractivity contribution in [1.82, 2.24) is 19.5 Å². The number of nitrogens with one attached hydrogen (secondary N) is 1. The zero-order valence-corrected chi connectivity index (χ0v) is 23.1. The Labute approximate surface area is 225 Å². The number of nitrogens with two attached hydrogens (primary N) is 1. The first kappa shape index (κ1) is 27.6. The van der Waals surface area contributed by atoms with Crippen LogP contribution in [-0.2, 0) is 14.8 Å². The predicted octanol–water partition coefficient (Wildman–Crippen LogP) is 2.30. The van der Waals surface area contributed by atoms with Crippen LogP contribution in [0.1, 0.15) is 52.7 Å². The Balaban J connectivity index is 1.68. The highest BCUT2D eigenvalue weighted by Gasteiger charge is 2.28. The van der Waals surface area contributed by atoms with Gasteiger partial charge in [-0.1, -0.05) is 11.6 Å². The highest BCUT2D eigenvalue weighted by Crippen LogP contribution is 2.29. The summed E-state index contributed by atoms with van der Waals surface area (Å²) in [6.07, 6.45) is 3.35. The molecule has 1 fully saturated rings. The fraction of sp³-hybridized carbons (Fsp3) is 0.417. The molecule has 3 N–H and O–H groups in total. The first-order valence-electron chi connectivity index (χ1n) is 12.0. The first-order valence-corrected chi connectivity index (χ1v) is 14.3. The molecule has 1 amide bonds. The molecule has 0 spiro atoms. The van der Waals surface area contributed by atoms with Gasteiger partial charge in [-0.3, -0.25) is 9.52 Å². The van der Waals surface area contributed by atoms with Crippen molar-refractivity contribution in [3.8, 4) is 0 Å². The number of hydrogen-bond donors (Lipinski definition) is 2. The number of ether oxygens (including phenoxy) is 1. The van der Waals surface area contributed by atoms with Crippen LogP contribution in [0.4, 0.5) is 11.5 Å². The third-order valence-corrected chi connectivity index (χ3v) is 7.13. The molecule has 4 rings (SSSR count). The van der Waals surface area contributed by atoms with Crippen LogP contribution in [-0.4, -0.2) is 78.8 Å². The molecule has 14 heteroatoms. The van der Waals surface area contributed by atoms with Crippen LogP contribution in [0.5, 0.6) is 0 Å². The van der Waals surface area contributed by atoms with Gasteiger partial charge in [0, 0.05) is 43.5 Å². The summed E-state index contributed by atoms with van der Waals surface area (Å²) in [6.45, 7) is 4.94. The Bertz CT molecular complexity index is 1490. The van der Waals surface area contributed by atoms with Gasteiger partial charge in [-0.2, -0.15) is 5.10 Å². The Morgan fingerprint density at radius 3 is 2.68 bits per heavy atom. The Morgan fingerprint density at radius 2 is 2.05 bits per heavy atom. The lowest BCUT2D eigenvalue weighted by Crippen LogP contribution is -2.31. The van der Waals surface area contributed by atoms with Crippen molar-refractivity contribution >= 4 is 50.7 Å². The van der Waals surface area contributed by atoms with Gasteiger partial charge in [-0.15, -0.1) is 0 Å². The molecule has 0 radical (unpaired) electrons. The highest BCUT2D eigenvalue weighted by atomic mass is 35.5. The molecule has 0 aliphatic carbocycles. The third kappa shape index (κ3) is 5.84. The number of sulfonamides is 1. The molecule has 2 aromatic heterocycles. The van der Waals surface area contributed by atoms with Gasteiger partial charge in [0.2, 0.25) is 10.0 Å². The first-order chi connectivity index (χ1) is 17.9. The van der Waals surface area contributed by atoms with E-state index in [0.717, 1.165) is 12.7 Å². The van der Waals surface area contributed by atoms with E-state index in [-0.39, 0.29) is 34.5 Å². The predicted molar refractivity (Wildman–Crippen MR) is 144 cm³/mol. The minimum Gasteiger partial charge on any atom is -0.462 e. The number of carbonyl (C=O) groups excluding carboxylic acids is 2. The van der Waals surface area contributed by atoms with E-state index in [1.807, 2.05) is 4.90 Å². The maximum absolute atomic E-state index is 13.4. The molecule has 38 heavy (non-hydrogen) atoms. The number of nitrogens with zero attached hydrogens (tertiary/aromatic N) is 5. The smallest absolute Gasteiger partial charge is 0.343 e. The molecule has 1 saturated heterocycles. The number of hydrogen-bond acceptors (Lipinski definition) is 9. The highest BCUT2D eigenvalue weighted by molar-refractivity contribution is 7.92. The van der Waals surface area contributed by atoms with E-state index in [2.05, 4.69) is 9.82 Å². The number of aromatic nitrogens is 3. The van der Waals surface area contributed by atoms with Crippen LogP contribution in [0.25, 0.3) is 5.65 Å². The van der Waals surface area contributed by atoms with E-state index in [1.165, 1.54) is 27.6 Å². The van der Waals surface area contributed by atoms with Gasteiger partial charge in [-0.25, -0.2) is 22.7 Å². The lowest BCUT2D eigenvalue weighted by molar-refractivity contribution is 0.0525. The van der Waals surface area contributed by atoms with E-state index in [0.29, 0.717) is 30.2 Å². The molecule has 204 valence electrons. The maximum Gasteiger partial charge on any atom is 0.343 e. The fourth-order valence-electron chi connectivity index (χ4n) is 4.25. The van der Waals surface area contributed by atoms with Crippen molar-refractivity contribution in [2.45, 2.75) is 32.4 Å². The van der Waals surface area contributed by atoms with Gasteiger partial charge in [0.05, 0.1) is 35.8 Å². The second-order valence-electron chi connectivity index (χ2n) is 9.22. The van der Waals surface area contributed by atoms with Crippen molar-refractivity contribution in [3.63, 3.8) is 0 Å². The van der Waals surface area contributed by atoms with Crippen molar-refractivity contribution < 1.29 is 22.7 Å². The lowest BCUT2D eigenvalue weighted by atomic mass is 10.1. The molecule has 0 saturated carbocycles. The van der Waals surface area contributed by atoms with E-state index in [1.54, 1.807) is 33.2 Å². The summed E-state index contributed by atoms with van der Waals surface area (Å²) >= 11 is 6.11. The van der Waals surface area contributed by atoms with Gasteiger partial charge in [0.25, 0.3) is 5.91 Å². The topological polar surface area (TPSA) is 152 Å². The van der Waals surface area contributed by atoms with Crippen molar-refractivity contribution in [1.29, 1.82) is 0 Å². The summed E-state index contributed by atoms with van der Waals surface area (Å²) in [4.78, 5) is 34.2. The average Bonchev–Trinajstić information content (AvgIpc) is 3.48. The summed E-state index contributed by atoms with van der Waals surface area (Å²) in [6, 6.07) is 5.52. The summed E-state index contributed by atoms with van der Waals surface area (Å²) in [5.74, 6) is -0.500. The second kappa shape index (κ2) is 10.8. The number of esters is 1. The molecule has 3 aromatic rings. The van der Waals surface area contributed by atoms with E-state index in [4.69, 9.17) is 27.1 Å². The van der Waals surface area contributed by atoms with Gasteiger partial charge < -0.3 is 20.3 Å². The molecule has 1 aliphatic heterocycles.